The molecule has 0 bridgehead atoms. The van der Waals surface area contributed by atoms with E-state index in [4.69, 9.17) is 9.84 Å². The van der Waals surface area contributed by atoms with E-state index in [9.17, 15) is 4.79 Å². The Hall–Kier alpha value is -1.50. The Balaban J connectivity index is 1.88. The third kappa shape index (κ3) is 3.25. The van der Waals surface area contributed by atoms with Gasteiger partial charge in [-0.2, -0.15) is 0 Å². The molecule has 0 aliphatic carbocycles. The van der Waals surface area contributed by atoms with Crippen molar-refractivity contribution < 1.29 is 14.6 Å². The van der Waals surface area contributed by atoms with E-state index in [0.29, 0.717) is 19.4 Å². The summed E-state index contributed by atoms with van der Waals surface area (Å²) >= 11 is 0. The first-order valence-electron chi connectivity index (χ1n) is 6.26. The molecule has 1 N–H and O–H groups in total. The highest BCUT2D eigenvalue weighted by Crippen LogP contribution is 2.16. The van der Waals surface area contributed by atoms with Crippen LogP contribution >= 0.6 is 0 Å². The first-order chi connectivity index (χ1) is 8.66. The fraction of sp³-hybridized carbons (Fsp3) is 0.818. The van der Waals surface area contributed by atoms with Gasteiger partial charge in [0.05, 0.1) is 12.0 Å². The summed E-state index contributed by atoms with van der Waals surface area (Å²) in [6, 6.07) is 0. The van der Waals surface area contributed by atoms with Crippen molar-refractivity contribution in [2.24, 2.45) is 5.92 Å². The van der Waals surface area contributed by atoms with Crippen LogP contribution in [0.4, 0.5) is 0 Å². The van der Waals surface area contributed by atoms with Crippen molar-refractivity contribution in [2.45, 2.75) is 45.3 Å². The molecule has 100 valence electrons. The fourth-order valence-electron chi connectivity index (χ4n) is 1.99. The van der Waals surface area contributed by atoms with Crippen molar-refractivity contribution in [1.82, 2.24) is 20.2 Å². The molecule has 1 fully saturated rings. The Bertz CT molecular complexity index is 401. The molecule has 7 nitrogen and oxygen atoms in total. The van der Waals surface area contributed by atoms with E-state index in [0.717, 1.165) is 25.3 Å². The van der Waals surface area contributed by atoms with Crippen LogP contribution in [-0.4, -0.2) is 44.0 Å². The van der Waals surface area contributed by atoms with Crippen LogP contribution in [0.1, 0.15) is 32.0 Å². The van der Waals surface area contributed by atoms with E-state index in [2.05, 4.69) is 15.5 Å². The maximum atomic E-state index is 10.7. The standard InChI is InChI=1S/C11H18N4O3/c1-8(11(16)17)4-5-15-10(12-13-14-15)7-9-3-2-6-18-9/h8-9H,2-7H2,1H3,(H,16,17). The van der Waals surface area contributed by atoms with Gasteiger partial charge in [-0.15, -0.1) is 5.10 Å². The van der Waals surface area contributed by atoms with Gasteiger partial charge in [-0.25, -0.2) is 4.68 Å². The van der Waals surface area contributed by atoms with Crippen LogP contribution in [0.5, 0.6) is 0 Å². The summed E-state index contributed by atoms with van der Waals surface area (Å²) in [7, 11) is 0. The molecule has 0 aromatic carbocycles. The van der Waals surface area contributed by atoms with E-state index in [1.165, 1.54) is 0 Å². The summed E-state index contributed by atoms with van der Waals surface area (Å²) in [6.07, 6.45) is 3.56. The number of carbonyl (C=O) groups is 1. The highest BCUT2D eigenvalue weighted by atomic mass is 16.5. The Kier molecular flexibility index (Phi) is 4.24. The second kappa shape index (κ2) is 5.90. The van der Waals surface area contributed by atoms with Crippen LogP contribution < -0.4 is 0 Å². The van der Waals surface area contributed by atoms with Crippen LogP contribution in [0.3, 0.4) is 0 Å². The van der Waals surface area contributed by atoms with Crippen LogP contribution in [0.25, 0.3) is 0 Å². The average Bonchev–Trinajstić information content (AvgIpc) is 2.98. The predicted octanol–water partition coefficient (Wildman–Crippen LogP) is 0.505. The van der Waals surface area contributed by atoms with Crippen molar-refractivity contribution in [3.05, 3.63) is 5.82 Å². The molecule has 2 unspecified atom stereocenters. The lowest BCUT2D eigenvalue weighted by Crippen LogP contribution is -2.17. The van der Waals surface area contributed by atoms with Crippen LogP contribution in [-0.2, 0) is 22.5 Å². The lowest BCUT2D eigenvalue weighted by molar-refractivity contribution is -0.141. The number of aryl methyl sites for hydroxylation is 1. The number of aromatic nitrogens is 4. The molecular weight excluding hydrogens is 236 g/mol. The molecule has 1 aliphatic heterocycles. The molecule has 18 heavy (non-hydrogen) atoms. The van der Waals surface area contributed by atoms with Gasteiger partial charge in [-0.3, -0.25) is 4.79 Å². The minimum Gasteiger partial charge on any atom is -0.481 e. The molecule has 2 heterocycles. The van der Waals surface area contributed by atoms with E-state index >= 15 is 0 Å². The van der Waals surface area contributed by atoms with Crippen LogP contribution in [0, 0.1) is 5.92 Å². The van der Waals surface area contributed by atoms with Gasteiger partial charge in [0, 0.05) is 19.6 Å². The molecule has 1 aromatic heterocycles. The molecule has 2 rings (SSSR count). The second-order valence-corrected chi connectivity index (χ2v) is 4.69. The van der Waals surface area contributed by atoms with E-state index in [1.54, 1.807) is 11.6 Å². The van der Waals surface area contributed by atoms with Gasteiger partial charge < -0.3 is 9.84 Å². The summed E-state index contributed by atoms with van der Waals surface area (Å²) in [5.41, 5.74) is 0. The third-order valence-corrected chi connectivity index (χ3v) is 3.24. The van der Waals surface area contributed by atoms with Crippen molar-refractivity contribution in [1.29, 1.82) is 0 Å². The van der Waals surface area contributed by atoms with E-state index in [1.807, 2.05) is 0 Å². The Morgan fingerprint density at radius 2 is 2.50 bits per heavy atom. The molecule has 1 aromatic rings. The topological polar surface area (TPSA) is 90.1 Å². The zero-order valence-electron chi connectivity index (χ0n) is 10.4. The number of tetrazole rings is 1. The van der Waals surface area contributed by atoms with Gasteiger partial charge in [0.15, 0.2) is 5.82 Å². The molecule has 0 spiro atoms. The Morgan fingerprint density at radius 3 is 3.17 bits per heavy atom. The molecular formula is C11H18N4O3. The highest BCUT2D eigenvalue weighted by molar-refractivity contribution is 5.69. The highest BCUT2D eigenvalue weighted by Gasteiger charge is 2.20. The summed E-state index contributed by atoms with van der Waals surface area (Å²) in [5.74, 6) is -0.395. The lowest BCUT2D eigenvalue weighted by atomic mass is 10.1. The summed E-state index contributed by atoms with van der Waals surface area (Å²) in [4.78, 5) is 10.7. The Morgan fingerprint density at radius 1 is 1.67 bits per heavy atom. The van der Waals surface area contributed by atoms with Crippen LogP contribution in [0.2, 0.25) is 0 Å². The third-order valence-electron chi connectivity index (χ3n) is 3.24. The van der Waals surface area contributed by atoms with Crippen LogP contribution in [0.15, 0.2) is 0 Å². The zero-order chi connectivity index (χ0) is 13.0. The largest absolute Gasteiger partial charge is 0.481 e. The predicted molar refractivity (Wildman–Crippen MR) is 61.9 cm³/mol. The van der Waals surface area contributed by atoms with Gasteiger partial charge in [-0.05, 0) is 29.7 Å². The van der Waals surface area contributed by atoms with Crippen molar-refractivity contribution >= 4 is 5.97 Å². The lowest BCUT2D eigenvalue weighted by Gasteiger charge is -2.10. The molecule has 0 saturated carbocycles. The van der Waals surface area contributed by atoms with E-state index < -0.39 is 5.97 Å². The summed E-state index contributed by atoms with van der Waals surface area (Å²) < 4.78 is 7.22. The SMILES string of the molecule is CC(CCn1nnnc1CC1CCCO1)C(=O)O. The van der Waals surface area contributed by atoms with Crippen molar-refractivity contribution in [2.75, 3.05) is 6.61 Å². The van der Waals surface area contributed by atoms with Gasteiger partial charge >= 0.3 is 5.97 Å². The smallest absolute Gasteiger partial charge is 0.306 e. The number of carboxylic acid groups (broad SMARTS) is 1. The van der Waals surface area contributed by atoms with Gasteiger partial charge in [0.25, 0.3) is 0 Å². The maximum absolute atomic E-state index is 10.7. The number of rotatable bonds is 6. The maximum Gasteiger partial charge on any atom is 0.306 e. The molecule has 1 aliphatic rings. The second-order valence-electron chi connectivity index (χ2n) is 4.69. The number of carboxylic acids is 1. The van der Waals surface area contributed by atoms with Gasteiger partial charge in [0.2, 0.25) is 0 Å². The minimum atomic E-state index is -0.788. The van der Waals surface area contributed by atoms with E-state index in [-0.39, 0.29) is 12.0 Å². The number of hydrogen-bond acceptors (Lipinski definition) is 5. The summed E-state index contributed by atoms with van der Waals surface area (Å²) in [5, 5.41) is 20.3. The number of hydrogen-bond donors (Lipinski definition) is 1. The van der Waals surface area contributed by atoms with Crippen molar-refractivity contribution in [3.8, 4) is 0 Å². The normalized spacial score (nSPS) is 21.1. The number of nitrogens with zero attached hydrogens (tertiary/aromatic N) is 4. The zero-order valence-corrected chi connectivity index (χ0v) is 10.4. The number of aliphatic carboxylic acids is 1. The average molecular weight is 254 g/mol. The number of ether oxygens (including phenoxy) is 1. The first-order valence-corrected chi connectivity index (χ1v) is 6.26. The molecule has 0 amide bonds. The van der Waals surface area contributed by atoms with Gasteiger partial charge in [-0.1, -0.05) is 6.92 Å². The molecule has 7 heteroatoms. The molecule has 0 radical (unpaired) electrons. The monoisotopic (exact) mass is 254 g/mol. The molecule has 2 atom stereocenters. The summed E-state index contributed by atoms with van der Waals surface area (Å²) in [6.45, 7) is 3.03. The first kappa shape index (κ1) is 12.9. The quantitative estimate of drug-likeness (QED) is 0.795. The van der Waals surface area contributed by atoms with Crippen molar-refractivity contribution in [3.63, 3.8) is 0 Å². The minimum absolute atomic E-state index is 0.201. The Labute approximate surface area is 105 Å². The fourth-order valence-corrected chi connectivity index (χ4v) is 1.99. The van der Waals surface area contributed by atoms with Gasteiger partial charge in [0.1, 0.15) is 0 Å². The molecule has 1 saturated heterocycles.